The van der Waals surface area contributed by atoms with Gasteiger partial charge in [-0.15, -0.1) is 0 Å². The third-order valence-corrected chi connectivity index (χ3v) is 6.80. The molecule has 2 aromatic carbocycles. The molecule has 0 aliphatic carbocycles. The highest BCUT2D eigenvalue weighted by molar-refractivity contribution is 7.92. The number of sulfonamides is 1. The molecule has 2 aromatic rings. The molecule has 1 aliphatic heterocycles. The number of carbonyl (C=O) groups is 1. The van der Waals surface area contributed by atoms with Crippen LogP contribution in [0.25, 0.3) is 0 Å². The first-order chi connectivity index (χ1) is 13.8. The van der Waals surface area contributed by atoms with Crippen molar-refractivity contribution in [3.63, 3.8) is 0 Å². The maximum Gasteiger partial charge on any atom is 0.264 e. The molecule has 0 saturated heterocycles. The molecular weight excluding hydrogens is 388 g/mol. The molecule has 7 heteroatoms. The van der Waals surface area contributed by atoms with Crippen molar-refractivity contribution < 1.29 is 17.9 Å². The van der Waals surface area contributed by atoms with Crippen LogP contribution in [0.15, 0.2) is 53.4 Å². The van der Waals surface area contributed by atoms with Crippen molar-refractivity contribution in [3.8, 4) is 0 Å². The maximum absolute atomic E-state index is 13.1. The van der Waals surface area contributed by atoms with Crippen molar-refractivity contribution in [2.75, 3.05) is 17.5 Å². The average Bonchev–Trinajstić information content (AvgIpc) is 3.03. The zero-order valence-electron chi connectivity index (χ0n) is 17.1. The molecule has 0 saturated carbocycles. The highest BCUT2D eigenvalue weighted by Crippen LogP contribution is 2.37. The van der Waals surface area contributed by atoms with Gasteiger partial charge in [0.05, 0.1) is 16.7 Å². The summed E-state index contributed by atoms with van der Waals surface area (Å²) >= 11 is 0. The van der Waals surface area contributed by atoms with Crippen LogP contribution in [0.2, 0.25) is 0 Å². The lowest BCUT2D eigenvalue weighted by atomic mass is 10.1. The fourth-order valence-corrected chi connectivity index (χ4v) is 5.23. The largest absolute Gasteiger partial charge is 0.379 e. The number of ether oxygens (including phenoxy) is 1. The molecule has 1 amide bonds. The molecule has 1 aliphatic rings. The number of hydrogen-bond acceptors (Lipinski definition) is 4. The van der Waals surface area contributed by atoms with E-state index in [-0.39, 0.29) is 22.9 Å². The number of anilines is 1. The van der Waals surface area contributed by atoms with Gasteiger partial charge in [0.25, 0.3) is 15.9 Å². The van der Waals surface area contributed by atoms with E-state index in [1.807, 2.05) is 20.8 Å². The lowest BCUT2D eigenvalue weighted by Crippen LogP contribution is -2.35. The van der Waals surface area contributed by atoms with E-state index < -0.39 is 10.0 Å². The summed E-state index contributed by atoms with van der Waals surface area (Å²) in [4.78, 5) is 12.7. The first-order valence-electron chi connectivity index (χ1n) is 9.93. The van der Waals surface area contributed by atoms with E-state index in [4.69, 9.17) is 4.74 Å². The quantitative estimate of drug-likeness (QED) is 0.670. The van der Waals surface area contributed by atoms with Gasteiger partial charge in [-0.25, -0.2) is 8.42 Å². The first-order valence-corrected chi connectivity index (χ1v) is 11.4. The molecule has 0 fully saturated rings. The van der Waals surface area contributed by atoms with Crippen LogP contribution in [0.3, 0.4) is 0 Å². The van der Waals surface area contributed by atoms with E-state index in [1.54, 1.807) is 48.5 Å². The third kappa shape index (κ3) is 4.79. The number of benzene rings is 2. The Morgan fingerprint density at radius 2 is 1.93 bits per heavy atom. The number of rotatable bonds is 8. The summed E-state index contributed by atoms with van der Waals surface area (Å²) < 4.78 is 33.2. The van der Waals surface area contributed by atoms with Gasteiger partial charge in [-0.05, 0) is 69.5 Å². The first kappa shape index (κ1) is 21.3. The van der Waals surface area contributed by atoms with Gasteiger partial charge in [-0.2, -0.15) is 0 Å². The van der Waals surface area contributed by atoms with Crippen LogP contribution in [0.5, 0.6) is 0 Å². The molecule has 0 unspecified atom stereocenters. The molecule has 0 spiro atoms. The SMILES string of the molecule is CC(C)OCCCNC(=O)c1ccc2c(c1)C[C@@H](C)N2S(=O)(=O)c1ccccc1. The van der Waals surface area contributed by atoms with Gasteiger partial charge in [0.1, 0.15) is 0 Å². The van der Waals surface area contributed by atoms with Gasteiger partial charge in [0, 0.05) is 24.8 Å². The number of nitrogens with zero attached hydrogens (tertiary/aromatic N) is 1. The standard InChI is InChI=1S/C22H28N2O4S/c1-16(2)28-13-7-12-23-22(25)18-10-11-21-19(15-18)14-17(3)24(21)29(26,27)20-8-5-4-6-9-20/h4-6,8-11,15-17H,7,12-14H2,1-3H3,(H,23,25)/t17-/m1/s1. The molecule has 0 aromatic heterocycles. The lowest BCUT2D eigenvalue weighted by molar-refractivity contribution is 0.0757. The van der Waals surface area contributed by atoms with Crippen LogP contribution in [0.1, 0.15) is 43.1 Å². The van der Waals surface area contributed by atoms with Crippen LogP contribution < -0.4 is 9.62 Å². The van der Waals surface area contributed by atoms with Crippen LogP contribution in [-0.4, -0.2) is 39.6 Å². The molecule has 3 rings (SSSR count). The van der Waals surface area contributed by atoms with E-state index >= 15 is 0 Å². The number of nitrogens with one attached hydrogen (secondary N) is 1. The van der Waals surface area contributed by atoms with Crippen molar-refractivity contribution in [2.24, 2.45) is 0 Å². The summed E-state index contributed by atoms with van der Waals surface area (Å²) in [5.41, 5.74) is 2.05. The summed E-state index contributed by atoms with van der Waals surface area (Å²) in [6, 6.07) is 13.4. The van der Waals surface area contributed by atoms with E-state index in [1.165, 1.54) is 4.31 Å². The summed E-state index contributed by atoms with van der Waals surface area (Å²) in [6.45, 7) is 6.98. The molecule has 1 atom stereocenters. The van der Waals surface area contributed by atoms with E-state index in [0.717, 1.165) is 12.0 Å². The Labute approximate surface area is 172 Å². The average molecular weight is 417 g/mol. The Hall–Kier alpha value is -2.38. The predicted octanol–water partition coefficient (Wildman–Crippen LogP) is 3.37. The fourth-order valence-electron chi connectivity index (χ4n) is 3.51. The Balaban J connectivity index is 1.72. The van der Waals surface area contributed by atoms with E-state index in [0.29, 0.717) is 30.8 Å². The minimum absolute atomic E-state index is 0.158. The Morgan fingerprint density at radius 1 is 1.21 bits per heavy atom. The Morgan fingerprint density at radius 3 is 2.62 bits per heavy atom. The smallest absolute Gasteiger partial charge is 0.264 e. The molecule has 0 radical (unpaired) electrons. The second kappa shape index (κ2) is 8.97. The Bertz CT molecular complexity index is 958. The molecule has 1 heterocycles. The number of fused-ring (bicyclic) bond motifs is 1. The maximum atomic E-state index is 13.1. The Kier molecular flexibility index (Phi) is 6.59. The molecular formula is C22H28N2O4S. The molecule has 1 N–H and O–H groups in total. The van der Waals surface area contributed by atoms with Crippen molar-refractivity contribution in [1.29, 1.82) is 0 Å². The van der Waals surface area contributed by atoms with Gasteiger partial charge in [-0.1, -0.05) is 18.2 Å². The van der Waals surface area contributed by atoms with E-state index in [9.17, 15) is 13.2 Å². The summed E-state index contributed by atoms with van der Waals surface area (Å²) in [7, 11) is -3.64. The van der Waals surface area contributed by atoms with Crippen molar-refractivity contribution in [2.45, 2.75) is 50.7 Å². The third-order valence-electron chi connectivity index (χ3n) is 4.85. The fraction of sp³-hybridized carbons (Fsp3) is 0.409. The van der Waals surface area contributed by atoms with Gasteiger partial charge < -0.3 is 10.1 Å². The van der Waals surface area contributed by atoms with Crippen molar-refractivity contribution >= 4 is 21.6 Å². The van der Waals surface area contributed by atoms with Crippen molar-refractivity contribution in [1.82, 2.24) is 5.32 Å². The summed E-state index contributed by atoms with van der Waals surface area (Å²) in [6.07, 6.45) is 1.50. The minimum Gasteiger partial charge on any atom is -0.379 e. The second-order valence-electron chi connectivity index (χ2n) is 7.54. The summed E-state index contributed by atoms with van der Waals surface area (Å²) in [5, 5.41) is 2.89. The highest BCUT2D eigenvalue weighted by atomic mass is 32.2. The van der Waals surface area contributed by atoms with Gasteiger partial charge in [0.15, 0.2) is 0 Å². The number of carbonyl (C=O) groups excluding carboxylic acids is 1. The molecule has 6 nitrogen and oxygen atoms in total. The van der Waals surface area contributed by atoms with Gasteiger partial charge >= 0.3 is 0 Å². The molecule has 0 bridgehead atoms. The van der Waals surface area contributed by atoms with Crippen LogP contribution >= 0.6 is 0 Å². The number of hydrogen-bond donors (Lipinski definition) is 1. The van der Waals surface area contributed by atoms with Crippen LogP contribution in [0, 0.1) is 0 Å². The predicted molar refractivity (Wildman–Crippen MR) is 114 cm³/mol. The molecule has 29 heavy (non-hydrogen) atoms. The zero-order valence-corrected chi connectivity index (χ0v) is 17.9. The number of amides is 1. The lowest BCUT2D eigenvalue weighted by Gasteiger charge is -2.24. The van der Waals surface area contributed by atoms with Gasteiger partial charge in [-0.3, -0.25) is 9.10 Å². The molecule has 156 valence electrons. The van der Waals surface area contributed by atoms with Crippen LogP contribution in [-0.2, 0) is 21.2 Å². The zero-order chi connectivity index (χ0) is 21.0. The van der Waals surface area contributed by atoms with Crippen molar-refractivity contribution in [3.05, 3.63) is 59.7 Å². The van der Waals surface area contributed by atoms with Gasteiger partial charge in [0.2, 0.25) is 0 Å². The normalized spacial score (nSPS) is 16.1. The van der Waals surface area contributed by atoms with Crippen LogP contribution in [0.4, 0.5) is 5.69 Å². The highest BCUT2D eigenvalue weighted by Gasteiger charge is 2.36. The van der Waals surface area contributed by atoms with E-state index in [2.05, 4.69) is 5.32 Å². The second-order valence-corrected chi connectivity index (χ2v) is 9.35. The monoisotopic (exact) mass is 416 g/mol. The minimum atomic E-state index is -3.64. The summed E-state index contributed by atoms with van der Waals surface area (Å²) in [5.74, 6) is -0.158. The topological polar surface area (TPSA) is 75.7 Å².